The molecule has 6 nitrogen and oxygen atoms in total. The molecule has 0 atom stereocenters. The van der Waals surface area contributed by atoms with E-state index in [1.807, 2.05) is 12.1 Å². The van der Waals surface area contributed by atoms with Gasteiger partial charge in [-0.15, -0.1) is 10.3 Å². The van der Waals surface area contributed by atoms with E-state index in [0.29, 0.717) is 17.0 Å². The monoisotopic (exact) mass is 234 g/mol. The molecular weight excluding hydrogens is 220 g/mol. The largest absolute Gasteiger partial charge is 0.353 e. The van der Waals surface area contributed by atoms with Crippen molar-refractivity contribution in [2.45, 2.75) is 12.8 Å². The standard InChI is InChI=1S/C11H14N4O2/c16-15(17)10-9-5-1-2-8-14(9)12-11(10)13-6-3-4-7-13/h1-2,5,8,16-17H,3-4,6-7H2. The van der Waals surface area contributed by atoms with Crippen LogP contribution in [0.3, 0.4) is 0 Å². The van der Waals surface area contributed by atoms with Crippen LogP contribution in [0.1, 0.15) is 12.8 Å². The fourth-order valence-corrected chi connectivity index (χ4v) is 2.31. The van der Waals surface area contributed by atoms with Crippen LogP contribution in [0.4, 0.5) is 11.5 Å². The lowest BCUT2D eigenvalue weighted by molar-refractivity contribution is 0.0302. The molecule has 2 aromatic rings. The van der Waals surface area contributed by atoms with Gasteiger partial charge in [-0.2, -0.15) is 0 Å². The van der Waals surface area contributed by atoms with Crippen molar-refractivity contribution in [3.63, 3.8) is 0 Å². The van der Waals surface area contributed by atoms with Crippen molar-refractivity contribution >= 4 is 17.0 Å². The van der Waals surface area contributed by atoms with E-state index in [2.05, 4.69) is 10.00 Å². The Bertz CT molecular complexity index is 531. The zero-order valence-corrected chi connectivity index (χ0v) is 9.32. The predicted molar refractivity (Wildman–Crippen MR) is 62.7 cm³/mol. The molecule has 3 rings (SSSR count). The van der Waals surface area contributed by atoms with Crippen molar-refractivity contribution in [3.8, 4) is 0 Å². The first kappa shape index (κ1) is 10.4. The van der Waals surface area contributed by atoms with Crippen LogP contribution < -0.4 is 10.1 Å². The minimum absolute atomic E-state index is 0.163. The summed E-state index contributed by atoms with van der Waals surface area (Å²) in [4.78, 5) is 2.07. The number of pyridine rings is 1. The maximum atomic E-state index is 9.36. The van der Waals surface area contributed by atoms with Crippen molar-refractivity contribution in [3.05, 3.63) is 24.4 Å². The SMILES string of the molecule is ON(O)c1c(N2CCCC2)nn2ccccc12. The molecule has 0 saturated carbocycles. The van der Waals surface area contributed by atoms with Crippen LogP contribution >= 0.6 is 0 Å². The molecule has 6 heteroatoms. The van der Waals surface area contributed by atoms with Gasteiger partial charge in [-0.25, -0.2) is 4.52 Å². The van der Waals surface area contributed by atoms with Gasteiger partial charge in [0.15, 0.2) is 11.5 Å². The molecule has 1 aliphatic rings. The van der Waals surface area contributed by atoms with Crippen LogP contribution in [0.15, 0.2) is 24.4 Å². The van der Waals surface area contributed by atoms with Crippen molar-refractivity contribution in [1.82, 2.24) is 9.61 Å². The van der Waals surface area contributed by atoms with Gasteiger partial charge in [0, 0.05) is 19.3 Å². The second-order valence-corrected chi connectivity index (χ2v) is 4.19. The maximum Gasteiger partial charge on any atom is 0.180 e. The van der Waals surface area contributed by atoms with E-state index < -0.39 is 0 Å². The van der Waals surface area contributed by atoms with Crippen molar-refractivity contribution < 1.29 is 10.4 Å². The summed E-state index contributed by atoms with van der Waals surface area (Å²) in [6.07, 6.45) is 4.02. The number of hydrogen-bond acceptors (Lipinski definition) is 5. The first-order valence-corrected chi connectivity index (χ1v) is 5.67. The Labute approximate surface area is 98.2 Å². The third-order valence-electron chi connectivity index (χ3n) is 3.10. The molecule has 0 unspecified atom stereocenters. The molecule has 1 fully saturated rings. The second kappa shape index (κ2) is 3.90. The number of nitrogens with zero attached hydrogens (tertiary/aromatic N) is 4. The second-order valence-electron chi connectivity index (χ2n) is 4.19. The molecule has 0 bridgehead atoms. The first-order valence-electron chi connectivity index (χ1n) is 5.67. The molecular formula is C11H14N4O2. The molecule has 17 heavy (non-hydrogen) atoms. The van der Waals surface area contributed by atoms with Crippen LogP contribution in [0.25, 0.3) is 5.52 Å². The Morgan fingerprint density at radius 1 is 1.18 bits per heavy atom. The quantitative estimate of drug-likeness (QED) is 0.771. The van der Waals surface area contributed by atoms with Crippen molar-refractivity contribution in [1.29, 1.82) is 0 Å². The van der Waals surface area contributed by atoms with Gasteiger partial charge >= 0.3 is 0 Å². The minimum atomic E-state index is 0.163. The van der Waals surface area contributed by atoms with E-state index >= 15 is 0 Å². The van der Waals surface area contributed by atoms with Gasteiger partial charge in [0.25, 0.3) is 0 Å². The van der Waals surface area contributed by atoms with Gasteiger partial charge in [0.05, 0.1) is 5.52 Å². The molecule has 2 aromatic heterocycles. The lowest BCUT2D eigenvalue weighted by Crippen LogP contribution is -2.22. The Morgan fingerprint density at radius 3 is 2.65 bits per heavy atom. The topological polar surface area (TPSA) is 64.2 Å². The van der Waals surface area contributed by atoms with E-state index in [1.54, 1.807) is 16.8 Å². The lowest BCUT2D eigenvalue weighted by atomic mass is 10.3. The molecule has 0 aliphatic carbocycles. The molecule has 2 N–H and O–H groups in total. The van der Waals surface area contributed by atoms with Crippen LogP contribution in [0.5, 0.6) is 0 Å². The van der Waals surface area contributed by atoms with E-state index in [0.717, 1.165) is 25.9 Å². The van der Waals surface area contributed by atoms with E-state index in [9.17, 15) is 10.4 Å². The van der Waals surface area contributed by atoms with Gasteiger partial charge in [0.2, 0.25) is 0 Å². The van der Waals surface area contributed by atoms with Crippen LogP contribution in [0, 0.1) is 0 Å². The van der Waals surface area contributed by atoms with Crippen LogP contribution in [0.2, 0.25) is 0 Å². The highest BCUT2D eigenvalue weighted by molar-refractivity contribution is 5.83. The number of anilines is 2. The molecule has 0 aromatic carbocycles. The normalized spacial score (nSPS) is 15.8. The molecule has 0 spiro atoms. The summed E-state index contributed by atoms with van der Waals surface area (Å²) in [7, 11) is 0. The third-order valence-corrected chi connectivity index (χ3v) is 3.10. The zero-order chi connectivity index (χ0) is 11.8. The fraction of sp³-hybridized carbons (Fsp3) is 0.364. The minimum Gasteiger partial charge on any atom is -0.353 e. The summed E-state index contributed by atoms with van der Waals surface area (Å²) in [5.74, 6) is 0.624. The van der Waals surface area contributed by atoms with Gasteiger partial charge in [-0.3, -0.25) is 10.4 Å². The zero-order valence-electron chi connectivity index (χ0n) is 9.32. The summed E-state index contributed by atoms with van der Waals surface area (Å²) in [6, 6.07) is 5.51. The Balaban J connectivity index is 2.18. The van der Waals surface area contributed by atoms with Gasteiger partial charge in [0.1, 0.15) is 0 Å². The number of fused-ring (bicyclic) bond motifs is 1. The summed E-state index contributed by atoms with van der Waals surface area (Å²) in [6.45, 7) is 1.81. The highest BCUT2D eigenvalue weighted by atomic mass is 16.8. The number of hydrogen-bond donors (Lipinski definition) is 2. The molecule has 1 aliphatic heterocycles. The van der Waals surface area contributed by atoms with E-state index in [-0.39, 0.29) is 5.23 Å². The fourth-order valence-electron chi connectivity index (χ4n) is 2.31. The molecule has 1 saturated heterocycles. The smallest absolute Gasteiger partial charge is 0.180 e. The molecule has 3 heterocycles. The van der Waals surface area contributed by atoms with Crippen LogP contribution in [-0.4, -0.2) is 33.1 Å². The third kappa shape index (κ3) is 1.62. The Morgan fingerprint density at radius 2 is 1.94 bits per heavy atom. The highest BCUT2D eigenvalue weighted by Gasteiger charge is 2.24. The summed E-state index contributed by atoms with van der Waals surface area (Å²) >= 11 is 0. The number of aromatic nitrogens is 2. The average molecular weight is 234 g/mol. The van der Waals surface area contributed by atoms with Gasteiger partial charge < -0.3 is 4.90 Å². The maximum absolute atomic E-state index is 9.36. The van der Waals surface area contributed by atoms with Crippen molar-refractivity contribution in [2.24, 2.45) is 0 Å². The summed E-state index contributed by atoms with van der Waals surface area (Å²) in [5, 5.41) is 23.3. The molecule has 90 valence electrons. The highest BCUT2D eigenvalue weighted by Crippen LogP contribution is 2.33. The van der Waals surface area contributed by atoms with Crippen molar-refractivity contribution in [2.75, 3.05) is 23.2 Å². The van der Waals surface area contributed by atoms with E-state index in [1.165, 1.54) is 0 Å². The average Bonchev–Trinajstić information content (AvgIpc) is 2.95. The predicted octanol–water partition coefficient (Wildman–Crippen LogP) is 1.52. The van der Waals surface area contributed by atoms with Gasteiger partial charge in [-0.05, 0) is 25.0 Å². The van der Waals surface area contributed by atoms with E-state index in [4.69, 9.17) is 0 Å². The molecule has 0 radical (unpaired) electrons. The van der Waals surface area contributed by atoms with Gasteiger partial charge in [-0.1, -0.05) is 6.07 Å². The van der Waals surface area contributed by atoms with Crippen LogP contribution in [-0.2, 0) is 0 Å². The first-order chi connectivity index (χ1) is 8.27. The Kier molecular flexibility index (Phi) is 2.38. The Hall–Kier alpha value is -1.79. The molecule has 0 amide bonds. The summed E-state index contributed by atoms with van der Waals surface area (Å²) in [5.41, 5.74) is 1.02. The lowest BCUT2D eigenvalue weighted by Gasteiger charge is -2.17. The number of rotatable bonds is 2. The summed E-state index contributed by atoms with van der Waals surface area (Å²) < 4.78 is 1.66.